The Hall–Kier alpha value is -3.15. The van der Waals surface area contributed by atoms with Gasteiger partial charge >= 0.3 is 5.97 Å². The Morgan fingerprint density at radius 1 is 1.11 bits per heavy atom. The molecule has 1 atom stereocenters. The van der Waals surface area contributed by atoms with Gasteiger partial charge in [0, 0.05) is 0 Å². The standard InChI is InChI=1S/C21H24N2O4/c1-4-15(2)17-9-11-19(12-10-17)27-14-20(24)23-22-13-16-5-7-18(8-6-16)21(25)26-3/h5-13,15H,4,14H2,1-3H3,(H,23,24)/b22-13-/t15-/m0/s1. The lowest BCUT2D eigenvalue weighted by molar-refractivity contribution is -0.123. The van der Waals surface area contributed by atoms with Crippen LogP contribution in [0.25, 0.3) is 0 Å². The van der Waals surface area contributed by atoms with Gasteiger partial charge in [-0.2, -0.15) is 5.10 Å². The number of esters is 1. The molecule has 0 bridgehead atoms. The number of methoxy groups -OCH3 is 1. The number of benzene rings is 2. The van der Waals surface area contributed by atoms with Crippen LogP contribution >= 0.6 is 0 Å². The summed E-state index contributed by atoms with van der Waals surface area (Å²) in [6, 6.07) is 14.4. The van der Waals surface area contributed by atoms with Crippen LogP contribution in [0.3, 0.4) is 0 Å². The molecule has 0 aliphatic carbocycles. The molecule has 0 radical (unpaired) electrons. The van der Waals surface area contributed by atoms with E-state index in [4.69, 9.17) is 4.74 Å². The van der Waals surface area contributed by atoms with Crippen molar-refractivity contribution in [2.45, 2.75) is 26.2 Å². The lowest BCUT2D eigenvalue weighted by Crippen LogP contribution is -2.24. The third-order valence-corrected chi connectivity index (χ3v) is 4.17. The van der Waals surface area contributed by atoms with Crippen LogP contribution < -0.4 is 10.2 Å². The molecule has 2 aromatic rings. The maximum atomic E-state index is 11.8. The molecule has 0 aromatic heterocycles. The molecule has 27 heavy (non-hydrogen) atoms. The molecule has 2 aromatic carbocycles. The minimum Gasteiger partial charge on any atom is -0.484 e. The Kier molecular flexibility index (Phi) is 7.55. The number of hydrogen-bond donors (Lipinski definition) is 1. The van der Waals surface area contributed by atoms with E-state index in [1.54, 1.807) is 24.3 Å². The number of hydrogen-bond acceptors (Lipinski definition) is 5. The smallest absolute Gasteiger partial charge is 0.337 e. The summed E-state index contributed by atoms with van der Waals surface area (Å²) >= 11 is 0. The first-order valence-electron chi connectivity index (χ1n) is 8.76. The zero-order valence-electron chi connectivity index (χ0n) is 15.8. The number of amides is 1. The number of hydrazone groups is 1. The summed E-state index contributed by atoms with van der Waals surface area (Å²) in [6.45, 7) is 4.19. The Bertz CT molecular complexity index is 783. The van der Waals surface area contributed by atoms with E-state index < -0.39 is 5.97 Å². The predicted molar refractivity (Wildman–Crippen MR) is 104 cm³/mol. The number of carbonyl (C=O) groups is 2. The van der Waals surface area contributed by atoms with Crippen LogP contribution in [-0.4, -0.2) is 31.8 Å². The number of nitrogens with one attached hydrogen (secondary N) is 1. The first kappa shape index (κ1) is 20.2. The zero-order valence-corrected chi connectivity index (χ0v) is 15.8. The van der Waals surface area contributed by atoms with Gasteiger partial charge in [-0.05, 0) is 47.7 Å². The maximum Gasteiger partial charge on any atom is 0.337 e. The van der Waals surface area contributed by atoms with E-state index in [2.05, 4.69) is 29.1 Å². The summed E-state index contributed by atoms with van der Waals surface area (Å²) in [7, 11) is 1.33. The fourth-order valence-corrected chi connectivity index (χ4v) is 2.31. The summed E-state index contributed by atoms with van der Waals surface area (Å²) in [4.78, 5) is 23.2. The Morgan fingerprint density at radius 3 is 2.37 bits per heavy atom. The number of nitrogens with zero attached hydrogens (tertiary/aromatic N) is 1. The Balaban J connectivity index is 1.78. The molecule has 6 heteroatoms. The molecular formula is C21H24N2O4. The molecule has 1 N–H and O–H groups in total. The molecule has 0 heterocycles. The molecule has 0 fully saturated rings. The summed E-state index contributed by atoms with van der Waals surface area (Å²) in [5.74, 6) is 0.377. The quantitative estimate of drug-likeness (QED) is 0.439. The van der Waals surface area contributed by atoms with Crippen molar-refractivity contribution in [2.24, 2.45) is 5.10 Å². The van der Waals surface area contributed by atoms with Crippen molar-refractivity contribution in [2.75, 3.05) is 13.7 Å². The fourth-order valence-electron chi connectivity index (χ4n) is 2.31. The first-order chi connectivity index (χ1) is 13.0. The highest BCUT2D eigenvalue weighted by atomic mass is 16.5. The fraction of sp³-hybridized carbons (Fsp3) is 0.286. The van der Waals surface area contributed by atoms with E-state index in [1.807, 2.05) is 24.3 Å². The van der Waals surface area contributed by atoms with Crippen molar-refractivity contribution in [1.29, 1.82) is 0 Å². The lowest BCUT2D eigenvalue weighted by atomic mass is 9.99. The van der Waals surface area contributed by atoms with Gasteiger partial charge in [0.05, 0.1) is 18.9 Å². The molecule has 142 valence electrons. The molecule has 2 rings (SSSR count). The summed E-state index contributed by atoms with van der Waals surface area (Å²) in [6.07, 6.45) is 2.56. The highest BCUT2D eigenvalue weighted by Gasteiger charge is 2.05. The van der Waals surface area contributed by atoms with Gasteiger partial charge in [-0.1, -0.05) is 38.1 Å². The zero-order chi connectivity index (χ0) is 19.6. The summed E-state index contributed by atoms with van der Waals surface area (Å²) in [5, 5.41) is 3.88. The second-order valence-electron chi connectivity index (χ2n) is 6.07. The molecule has 0 saturated heterocycles. The average Bonchev–Trinajstić information content (AvgIpc) is 2.72. The van der Waals surface area contributed by atoms with Crippen LogP contribution in [0.1, 0.15) is 47.7 Å². The van der Waals surface area contributed by atoms with E-state index in [-0.39, 0.29) is 12.5 Å². The van der Waals surface area contributed by atoms with Gasteiger partial charge in [-0.15, -0.1) is 0 Å². The van der Waals surface area contributed by atoms with Crippen LogP contribution in [0, 0.1) is 0 Å². The molecular weight excluding hydrogens is 344 g/mol. The third-order valence-electron chi connectivity index (χ3n) is 4.17. The first-order valence-corrected chi connectivity index (χ1v) is 8.76. The van der Waals surface area contributed by atoms with Gasteiger partial charge in [0.15, 0.2) is 6.61 Å². The van der Waals surface area contributed by atoms with E-state index in [9.17, 15) is 9.59 Å². The second-order valence-corrected chi connectivity index (χ2v) is 6.07. The normalized spacial score (nSPS) is 11.8. The van der Waals surface area contributed by atoms with Crippen LogP contribution in [-0.2, 0) is 9.53 Å². The van der Waals surface area contributed by atoms with Crippen LogP contribution in [0.2, 0.25) is 0 Å². The predicted octanol–water partition coefficient (Wildman–Crippen LogP) is 3.52. The highest BCUT2D eigenvalue weighted by Crippen LogP contribution is 2.21. The van der Waals surface area contributed by atoms with Crippen LogP contribution in [0.4, 0.5) is 0 Å². The van der Waals surface area contributed by atoms with Crippen LogP contribution in [0.15, 0.2) is 53.6 Å². The Labute approximate surface area is 159 Å². The second kappa shape index (κ2) is 10.1. The van der Waals surface area contributed by atoms with Crippen molar-refractivity contribution in [3.8, 4) is 5.75 Å². The molecule has 1 amide bonds. The molecule has 0 saturated carbocycles. The molecule has 0 unspecified atom stereocenters. The van der Waals surface area contributed by atoms with Gasteiger partial charge < -0.3 is 9.47 Å². The SMILES string of the molecule is CC[C@H](C)c1ccc(OCC(=O)N/N=C\c2ccc(C(=O)OC)cc2)cc1. The van der Waals surface area contributed by atoms with Crippen molar-refractivity contribution < 1.29 is 19.1 Å². The lowest BCUT2D eigenvalue weighted by Gasteiger charge is -2.10. The maximum absolute atomic E-state index is 11.8. The van der Waals surface area contributed by atoms with Crippen molar-refractivity contribution in [3.05, 3.63) is 65.2 Å². The average molecular weight is 368 g/mol. The minimum atomic E-state index is -0.402. The topological polar surface area (TPSA) is 77.0 Å². The van der Waals surface area contributed by atoms with Gasteiger partial charge in [0.1, 0.15) is 5.75 Å². The van der Waals surface area contributed by atoms with E-state index in [0.29, 0.717) is 17.2 Å². The molecule has 0 aliphatic rings. The molecule has 0 aliphatic heterocycles. The molecule has 6 nitrogen and oxygen atoms in total. The summed E-state index contributed by atoms with van der Waals surface area (Å²) < 4.78 is 10.1. The minimum absolute atomic E-state index is 0.124. The summed E-state index contributed by atoms with van der Waals surface area (Å²) in [5.41, 5.74) is 4.84. The largest absolute Gasteiger partial charge is 0.484 e. The highest BCUT2D eigenvalue weighted by molar-refractivity contribution is 5.90. The monoisotopic (exact) mass is 368 g/mol. The number of carbonyl (C=O) groups excluding carboxylic acids is 2. The number of ether oxygens (including phenoxy) is 2. The van der Waals surface area contributed by atoms with E-state index >= 15 is 0 Å². The molecule has 0 spiro atoms. The van der Waals surface area contributed by atoms with Gasteiger partial charge in [-0.25, -0.2) is 10.2 Å². The van der Waals surface area contributed by atoms with Gasteiger partial charge in [0.25, 0.3) is 5.91 Å². The Morgan fingerprint density at radius 2 is 1.78 bits per heavy atom. The van der Waals surface area contributed by atoms with Gasteiger partial charge in [0.2, 0.25) is 0 Å². The van der Waals surface area contributed by atoms with Crippen molar-refractivity contribution >= 4 is 18.1 Å². The van der Waals surface area contributed by atoms with Crippen molar-refractivity contribution in [3.63, 3.8) is 0 Å². The van der Waals surface area contributed by atoms with E-state index in [0.717, 1.165) is 12.0 Å². The van der Waals surface area contributed by atoms with E-state index in [1.165, 1.54) is 18.9 Å². The third kappa shape index (κ3) is 6.26. The van der Waals surface area contributed by atoms with Crippen molar-refractivity contribution in [1.82, 2.24) is 5.43 Å². The van der Waals surface area contributed by atoms with Crippen LogP contribution in [0.5, 0.6) is 5.75 Å². The number of rotatable bonds is 8. The van der Waals surface area contributed by atoms with Gasteiger partial charge in [-0.3, -0.25) is 4.79 Å².